The number of amides is 1. The molecule has 0 aliphatic rings. The van der Waals surface area contributed by atoms with Crippen molar-refractivity contribution in [2.75, 3.05) is 11.9 Å². The van der Waals surface area contributed by atoms with Gasteiger partial charge in [-0.3, -0.25) is 5.32 Å². The minimum absolute atomic E-state index is 0.248. The van der Waals surface area contributed by atoms with Gasteiger partial charge in [0.2, 0.25) is 0 Å². The highest BCUT2D eigenvalue weighted by Crippen LogP contribution is 2.26. The van der Waals surface area contributed by atoms with Crippen LogP contribution >= 0.6 is 0 Å². The number of nitrogens with two attached hydrogens (primary N) is 1. The van der Waals surface area contributed by atoms with Gasteiger partial charge < -0.3 is 10.5 Å². The first-order chi connectivity index (χ1) is 11.6. The summed E-state index contributed by atoms with van der Waals surface area (Å²) in [4.78, 5) is 11.9. The Balaban J connectivity index is 2.10. The molecular formula is C20H26N2O2. The second kappa shape index (κ2) is 8.50. The lowest BCUT2D eigenvalue weighted by Crippen LogP contribution is -2.28. The Morgan fingerprint density at radius 3 is 2.42 bits per heavy atom. The lowest BCUT2D eigenvalue weighted by atomic mass is 9.98. The Morgan fingerprint density at radius 1 is 1.17 bits per heavy atom. The first-order valence-electron chi connectivity index (χ1n) is 8.45. The highest BCUT2D eigenvalue weighted by molar-refractivity contribution is 5.85. The number of rotatable bonds is 6. The number of aryl methyl sites for hydroxylation is 2. The van der Waals surface area contributed by atoms with Crippen molar-refractivity contribution in [1.29, 1.82) is 0 Å². The summed E-state index contributed by atoms with van der Waals surface area (Å²) in [6.07, 6.45) is 1.02. The Morgan fingerprint density at radius 2 is 1.88 bits per heavy atom. The van der Waals surface area contributed by atoms with Crippen molar-refractivity contribution in [3.05, 3.63) is 53.6 Å². The van der Waals surface area contributed by atoms with Gasteiger partial charge in [0.15, 0.2) is 0 Å². The summed E-state index contributed by atoms with van der Waals surface area (Å²) in [5.74, 6) is 0. The molecule has 0 aliphatic carbocycles. The average Bonchev–Trinajstić information content (AvgIpc) is 2.60. The van der Waals surface area contributed by atoms with E-state index in [9.17, 15) is 4.79 Å². The molecule has 1 atom stereocenters. The van der Waals surface area contributed by atoms with E-state index in [0.717, 1.165) is 23.2 Å². The summed E-state index contributed by atoms with van der Waals surface area (Å²) in [6, 6.07) is 14.4. The maximum absolute atomic E-state index is 11.9. The molecule has 0 saturated heterocycles. The Labute approximate surface area is 144 Å². The number of benzene rings is 2. The number of carbonyl (C=O) groups is 1. The van der Waals surface area contributed by atoms with Gasteiger partial charge in [-0.1, -0.05) is 44.2 Å². The predicted molar refractivity (Wildman–Crippen MR) is 99.2 cm³/mol. The van der Waals surface area contributed by atoms with Crippen molar-refractivity contribution in [3.8, 4) is 11.1 Å². The van der Waals surface area contributed by atoms with Crippen LogP contribution in [0.5, 0.6) is 0 Å². The lowest BCUT2D eigenvalue weighted by molar-refractivity contribution is 0.112. The molecule has 0 unspecified atom stereocenters. The van der Waals surface area contributed by atoms with Gasteiger partial charge in [-0.25, -0.2) is 4.79 Å². The second-order valence-electron chi connectivity index (χ2n) is 5.88. The number of ether oxygens (including phenoxy) is 1. The van der Waals surface area contributed by atoms with Crippen LogP contribution in [0.3, 0.4) is 0 Å². The van der Waals surface area contributed by atoms with Crippen LogP contribution in [0.15, 0.2) is 42.5 Å². The number of hydrogen-bond donors (Lipinski definition) is 2. The molecule has 4 heteroatoms. The quantitative estimate of drug-likeness (QED) is 0.821. The lowest BCUT2D eigenvalue weighted by Gasteiger charge is -2.15. The molecular weight excluding hydrogens is 300 g/mol. The standard InChI is InChI=1S/C20H26N2O2/c1-4-15-6-8-16(9-7-15)19-11-10-17(12-14(19)3)22-20(23)24-18(5-2)13-21/h6-12,18H,4-5,13,21H2,1-3H3,(H,22,23)/t18-/m1/s1. The molecule has 24 heavy (non-hydrogen) atoms. The van der Waals surface area contributed by atoms with Gasteiger partial charge in [-0.15, -0.1) is 0 Å². The normalized spacial score (nSPS) is 11.8. The van der Waals surface area contributed by atoms with E-state index in [2.05, 4.69) is 36.5 Å². The maximum atomic E-state index is 11.9. The Kier molecular flexibility index (Phi) is 6.38. The minimum atomic E-state index is -0.466. The van der Waals surface area contributed by atoms with E-state index in [1.807, 2.05) is 32.0 Å². The average molecular weight is 326 g/mol. The fraction of sp³-hybridized carbons (Fsp3) is 0.350. The van der Waals surface area contributed by atoms with E-state index < -0.39 is 6.09 Å². The topological polar surface area (TPSA) is 64.3 Å². The molecule has 0 radical (unpaired) electrons. The van der Waals surface area contributed by atoms with E-state index in [1.54, 1.807) is 0 Å². The van der Waals surface area contributed by atoms with Crippen molar-refractivity contribution in [1.82, 2.24) is 0 Å². The molecule has 128 valence electrons. The number of hydrogen-bond acceptors (Lipinski definition) is 3. The smallest absolute Gasteiger partial charge is 0.411 e. The van der Waals surface area contributed by atoms with Crippen LogP contribution in [-0.2, 0) is 11.2 Å². The summed E-state index contributed by atoms with van der Waals surface area (Å²) in [6.45, 7) is 6.45. The Hall–Kier alpha value is -2.33. The molecule has 1 amide bonds. The highest BCUT2D eigenvalue weighted by atomic mass is 16.6. The van der Waals surface area contributed by atoms with Gasteiger partial charge in [-0.05, 0) is 54.2 Å². The molecule has 3 N–H and O–H groups in total. The Bertz CT molecular complexity index is 677. The molecule has 0 saturated carbocycles. The molecule has 0 spiro atoms. The summed E-state index contributed by atoms with van der Waals surface area (Å²) in [5, 5.41) is 2.76. The summed E-state index contributed by atoms with van der Waals surface area (Å²) < 4.78 is 5.26. The van der Waals surface area contributed by atoms with Crippen LogP contribution in [0.2, 0.25) is 0 Å². The summed E-state index contributed by atoms with van der Waals surface area (Å²) in [5.41, 5.74) is 11.0. The molecule has 0 bridgehead atoms. The summed E-state index contributed by atoms with van der Waals surface area (Å²) >= 11 is 0. The SMILES string of the molecule is CCc1ccc(-c2ccc(NC(=O)O[C@H](CC)CN)cc2C)cc1. The fourth-order valence-corrected chi connectivity index (χ4v) is 2.58. The zero-order valence-corrected chi connectivity index (χ0v) is 14.6. The summed E-state index contributed by atoms with van der Waals surface area (Å²) in [7, 11) is 0. The van der Waals surface area contributed by atoms with Gasteiger partial charge in [0, 0.05) is 12.2 Å². The molecule has 0 aromatic heterocycles. The molecule has 2 aromatic rings. The number of anilines is 1. The molecule has 4 nitrogen and oxygen atoms in total. The molecule has 0 heterocycles. The van der Waals surface area contributed by atoms with Gasteiger partial charge in [-0.2, -0.15) is 0 Å². The third-order valence-electron chi connectivity index (χ3n) is 4.14. The molecule has 0 aliphatic heterocycles. The zero-order chi connectivity index (χ0) is 17.5. The van der Waals surface area contributed by atoms with Crippen LogP contribution < -0.4 is 11.1 Å². The number of carbonyl (C=O) groups excluding carboxylic acids is 1. The van der Waals surface area contributed by atoms with Gasteiger partial charge in [0.1, 0.15) is 6.10 Å². The first-order valence-corrected chi connectivity index (χ1v) is 8.45. The van der Waals surface area contributed by atoms with E-state index in [0.29, 0.717) is 13.0 Å². The van der Waals surface area contributed by atoms with Crippen molar-refractivity contribution in [3.63, 3.8) is 0 Å². The van der Waals surface area contributed by atoms with Crippen LogP contribution in [0.4, 0.5) is 10.5 Å². The van der Waals surface area contributed by atoms with Crippen molar-refractivity contribution < 1.29 is 9.53 Å². The maximum Gasteiger partial charge on any atom is 0.411 e. The van der Waals surface area contributed by atoms with Crippen LogP contribution in [0, 0.1) is 6.92 Å². The largest absolute Gasteiger partial charge is 0.445 e. The van der Waals surface area contributed by atoms with Crippen molar-refractivity contribution in [2.45, 2.75) is 39.7 Å². The van der Waals surface area contributed by atoms with Crippen molar-refractivity contribution in [2.24, 2.45) is 5.73 Å². The third-order valence-corrected chi connectivity index (χ3v) is 4.14. The van der Waals surface area contributed by atoms with Crippen LogP contribution in [0.1, 0.15) is 31.4 Å². The predicted octanol–water partition coefficient (Wildman–Crippen LogP) is 4.51. The molecule has 0 fully saturated rings. The first kappa shape index (κ1) is 18.0. The number of nitrogens with one attached hydrogen (secondary N) is 1. The van der Waals surface area contributed by atoms with E-state index in [1.165, 1.54) is 11.1 Å². The molecule has 2 aromatic carbocycles. The highest BCUT2D eigenvalue weighted by Gasteiger charge is 2.11. The van der Waals surface area contributed by atoms with E-state index in [4.69, 9.17) is 10.5 Å². The van der Waals surface area contributed by atoms with Gasteiger partial charge in [0.25, 0.3) is 0 Å². The zero-order valence-electron chi connectivity index (χ0n) is 14.6. The fourth-order valence-electron chi connectivity index (χ4n) is 2.58. The van der Waals surface area contributed by atoms with E-state index >= 15 is 0 Å². The van der Waals surface area contributed by atoms with Gasteiger partial charge >= 0.3 is 6.09 Å². The molecule has 2 rings (SSSR count). The van der Waals surface area contributed by atoms with Crippen LogP contribution in [0.25, 0.3) is 11.1 Å². The van der Waals surface area contributed by atoms with Crippen molar-refractivity contribution >= 4 is 11.8 Å². The third kappa shape index (κ3) is 4.59. The van der Waals surface area contributed by atoms with E-state index in [-0.39, 0.29) is 6.10 Å². The monoisotopic (exact) mass is 326 g/mol. The minimum Gasteiger partial charge on any atom is -0.445 e. The second-order valence-corrected chi connectivity index (χ2v) is 5.88. The van der Waals surface area contributed by atoms with Gasteiger partial charge in [0.05, 0.1) is 0 Å². The van der Waals surface area contributed by atoms with Crippen LogP contribution in [-0.4, -0.2) is 18.7 Å².